The highest BCUT2D eigenvalue weighted by atomic mass is 32.2. The van der Waals surface area contributed by atoms with E-state index in [0.29, 0.717) is 13.1 Å². The van der Waals surface area contributed by atoms with Gasteiger partial charge in [0.15, 0.2) is 0 Å². The van der Waals surface area contributed by atoms with Gasteiger partial charge in [0.2, 0.25) is 11.8 Å². The molecule has 1 saturated heterocycles. The topological polar surface area (TPSA) is 62.3 Å². The van der Waals surface area contributed by atoms with Crippen molar-refractivity contribution in [3.05, 3.63) is 54.4 Å². The van der Waals surface area contributed by atoms with E-state index in [1.807, 2.05) is 36.4 Å². The summed E-state index contributed by atoms with van der Waals surface area (Å²) in [4.78, 5) is 31.7. The molecule has 25 heavy (non-hydrogen) atoms. The van der Waals surface area contributed by atoms with Crippen LogP contribution in [0.1, 0.15) is 18.9 Å². The first-order chi connectivity index (χ1) is 12.2. The minimum Gasteiger partial charge on any atom is -0.337 e. The molecular weight excluding hydrogens is 334 g/mol. The molecule has 0 saturated carbocycles. The van der Waals surface area contributed by atoms with Gasteiger partial charge in [-0.1, -0.05) is 25.1 Å². The number of rotatable bonds is 6. The average molecular weight is 355 g/mol. The van der Waals surface area contributed by atoms with Gasteiger partial charge in [-0.15, -0.1) is 11.8 Å². The molecule has 130 valence electrons. The van der Waals surface area contributed by atoms with Crippen LogP contribution in [0.4, 0.5) is 5.69 Å². The SMILES string of the molecule is CCSc1ccccc1NC(=O)C1CC(=O)N(Cc2cccnc2)C1. The lowest BCUT2D eigenvalue weighted by Gasteiger charge is -2.17. The van der Waals surface area contributed by atoms with Crippen molar-refractivity contribution in [3.63, 3.8) is 0 Å². The molecule has 0 aliphatic carbocycles. The average Bonchev–Trinajstić information content (AvgIpc) is 2.99. The van der Waals surface area contributed by atoms with E-state index in [-0.39, 0.29) is 24.2 Å². The number of hydrogen-bond donors (Lipinski definition) is 1. The zero-order chi connectivity index (χ0) is 17.6. The third-order valence-electron chi connectivity index (χ3n) is 4.13. The number of benzene rings is 1. The molecule has 1 aliphatic rings. The van der Waals surface area contributed by atoms with Gasteiger partial charge in [-0.05, 0) is 29.5 Å². The van der Waals surface area contributed by atoms with Crippen LogP contribution in [0.15, 0.2) is 53.7 Å². The van der Waals surface area contributed by atoms with Crippen LogP contribution in [0.5, 0.6) is 0 Å². The predicted octanol–water partition coefficient (Wildman–Crippen LogP) is 3.18. The summed E-state index contributed by atoms with van der Waals surface area (Å²) in [6.07, 6.45) is 3.71. The molecule has 1 aromatic heterocycles. The van der Waals surface area contributed by atoms with Gasteiger partial charge >= 0.3 is 0 Å². The second kappa shape index (κ2) is 8.16. The number of anilines is 1. The van der Waals surface area contributed by atoms with Crippen molar-refractivity contribution in [3.8, 4) is 0 Å². The molecule has 1 fully saturated rings. The summed E-state index contributed by atoms with van der Waals surface area (Å²) in [5.41, 5.74) is 1.79. The Morgan fingerprint density at radius 1 is 1.32 bits per heavy atom. The molecule has 2 aromatic rings. The van der Waals surface area contributed by atoms with E-state index in [0.717, 1.165) is 21.9 Å². The van der Waals surface area contributed by atoms with Gasteiger partial charge < -0.3 is 10.2 Å². The van der Waals surface area contributed by atoms with E-state index in [4.69, 9.17) is 0 Å². The number of nitrogens with zero attached hydrogens (tertiary/aromatic N) is 2. The van der Waals surface area contributed by atoms with E-state index >= 15 is 0 Å². The fraction of sp³-hybridized carbons (Fsp3) is 0.316. The zero-order valence-corrected chi connectivity index (χ0v) is 15.0. The first kappa shape index (κ1) is 17.5. The number of pyridine rings is 1. The van der Waals surface area contributed by atoms with Crippen molar-refractivity contribution in [2.24, 2.45) is 5.92 Å². The van der Waals surface area contributed by atoms with Crippen molar-refractivity contribution in [2.45, 2.75) is 24.8 Å². The second-order valence-electron chi connectivity index (χ2n) is 5.96. The van der Waals surface area contributed by atoms with Crippen LogP contribution in [-0.2, 0) is 16.1 Å². The van der Waals surface area contributed by atoms with Crippen molar-refractivity contribution < 1.29 is 9.59 Å². The van der Waals surface area contributed by atoms with Gasteiger partial charge in [-0.25, -0.2) is 0 Å². The molecule has 3 rings (SSSR count). The third-order valence-corrected chi connectivity index (χ3v) is 5.08. The summed E-state index contributed by atoms with van der Waals surface area (Å²) in [5, 5.41) is 2.99. The molecular formula is C19H21N3O2S. The molecule has 2 heterocycles. The van der Waals surface area contributed by atoms with Crippen molar-refractivity contribution >= 4 is 29.3 Å². The van der Waals surface area contributed by atoms with E-state index in [1.165, 1.54) is 0 Å². The normalized spacial score (nSPS) is 16.9. The molecule has 1 aliphatic heterocycles. The van der Waals surface area contributed by atoms with E-state index in [1.54, 1.807) is 29.1 Å². The molecule has 0 spiro atoms. The van der Waals surface area contributed by atoms with Crippen LogP contribution < -0.4 is 5.32 Å². The Labute approximate surface area is 151 Å². The highest BCUT2D eigenvalue weighted by Gasteiger charge is 2.34. The number of likely N-dealkylation sites (tertiary alicyclic amines) is 1. The minimum absolute atomic E-state index is 0.0141. The van der Waals surface area contributed by atoms with Crippen LogP contribution in [0.2, 0.25) is 0 Å². The number of para-hydroxylation sites is 1. The zero-order valence-electron chi connectivity index (χ0n) is 14.1. The van der Waals surface area contributed by atoms with Gasteiger partial charge in [0.1, 0.15) is 0 Å². The molecule has 2 amide bonds. The first-order valence-corrected chi connectivity index (χ1v) is 9.35. The molecule has 1 atom stereocenters. The fourth-order valence-corrected chi connectivity index (χ4v) is 3.66. The Balaban J connectivity index is 1.63. The van der Waals surface area contributed by atoms with Gasteiger partial charge in [-0.2, -0.15) is 0 Å². The maximum atomic E-state index is 12.6. The first-order valence-electron chi connectivity index (χ1n) is 8.36. The largest absolute Gasteiger partial charge is 0.337 e. The lowest BCUT2D eigenvalue weighted by molar-refractivity contribution is -0.128. The number of carbonyl (C=O) groups excluding carboxylic acids is 2. The number of hydrogen-bond acceptors (Lipinski definition) is 4. The molecule has 0 bridgehead atoms. The van der Waals surface area contributed by atoms with Crippen LogP contribution in [0.25, 0.3) is 0 Å². The third kappa shape index (κ3) is 4.39. The Morgan fingerprint density at radius 2 is 2.16 bits per heavy atom. The molecule has 1 aromatic carbocycles. The standard InChI is InChI=1S/C19H21N3O2S/c1-2-25-17-8-4-3-7-16(17)21-19(24)15-10-18(23)22(13-15)12-14-6-5-9-20-11-14/h3-9,11,15H,2,10,12-13H2,1H3,(H,21,24). The Bertz CT molecular complexity index is 751. The van der Waals surface area contributed by atoms with Crippen molar-refractivity contribution in [2.75, 3.05) is 17.6 Å². The van der Waals surface area contributed by atoms with Gasteiger partial charge in [0, 0.05) is 36.8 Å². The lowest BCUT2D eigenvalue weighted by atomic mass is 10.1. The van der Waals surface area contributed by atoms with E-state index < -0.39 is 0 Å². The smallest absolute Gasteiger partial charge is 0.229 e. The van der Waals surface area contributed by atoms with Crippen molar-refractivity contribution in [1.82, 2.24) is 9.88 Å². The van der Waals surface area contributed by atoms with E-state index in [9.17, 15) is 9.59 Å². The number of thioether (sulfide) groups is 1. The van der Waals surface area contributed by atoms with Gasteiger partial charge in [-0.3, -0.25) is 14.6 Å². The van der Waals surface area contributed by atoms with Crippen molar-refractivity contribution in [1.29, 1.82) is 0 Å². The molecule has 1 unspecified atom stereocenters. The summed E-state index contributed by atoms with van der Waals surface area (Å²) in [6, 6.07) is 11.6. The highest BCUT2D eigenvalue weighted by Crippen LogP contribution is 2.28. The molecule has 6 heteroatoms. The molecule has 1 N–H and O–H groups in total. The maximum absolute atomic E-state index is 12.6. The number of amides is 2. The quantitative estimate of drug-likeness (QED) is 0.809. The molecule has 5 nitrogen and oxygen atoms in total. The summed E-state index contributed by atoms with van der Waals surface area (Å²) in [7, 11) is 0. The maximum Gasteiger partial charge on any atom is 0.229 e. The second-order valence-corrected chi connectivity index (χ2v) is 7.26. The van der Waals surface area contributed by atoms with Crippen LogP contribution in [-0.4, -0.2) is 34.0 Å². The minimum atomic E-state index is -0.316. The molecule has 0 radical (unpaired) electrons. The van der Waals surface area contributed by atoms with Crippen LogP contribution in [0.3, 0.4) is 0 Å². The van der Waals surface area contributed by atoms with Crippen LogP contribution in [0, 0.1) is 5.92 Å². The monoisotopic (exact) mass is 355 g/mol. The summed E-state index contributed by atoms with van der Waals surface area (Å²) in [6.45, 7) is 3.02. The summed E-state index contributed by atoms with van der Waals surface area (Å²) >= 11 is 1.69. The van der Waals surface area contributed by atoms with Gasteiger partial charge in [0.05, 0.1) is 11.6 Å². The predicted molar refractivity (Wildman–Crippen MR) is 99.2 cm³/mol. The lowest BCUT2D eigenvalue weighted by Crippen LogP contribution is -2.28. The Hall–Kier alpha value is -2.34. The highest BCUT2D eigenvalue weighted by molar-refractivity contribution is 7.99. The Kier molecular flexibility index (Phi) is 5.71. The van der Waals surface area contributed by atoms with E-state index in [2.05, 4.69) is 17.2 Å². The van der Waals surface area contributed by atoms with Gasteiger partial charge in [0.25, 0.3) is 0 Å². The summed E-state index contributed by atoms with van der Waals surface area (Å²) < 4.78 is 0. The Morgan fingerprint density at radius 3 is 2.92 bits per heavy atom. The summed E-state index contributed by atoms with van der Waals surface area (Å²) in [5.74, 6) is 0.545. The fourth-order valence-electron chi connectivity index (χ4n) is 2.90. The number of nitrogens with one attached hydrogen (secondary N) is 1. The number of aromatic nitrogens is 1. The number of carbonyl (C=O) groups is 2. The van der Waals surface area contributed by atoms with Crippen LogP contribution >= 0.6 is 11.8 Å².